The average Bonchev–Trinajstić information content (AvgIpc) is 2.98. The van der Waals surface area contributed by atoms with Gasteiger partial charge in [-0.3, -0.25) is 14.5 Å². The van der Waals surface area contributed by atoms with E-state index in [4.69, 9.17) is 9.47 Å². The molecule has 0 saturated heterocycles. The Balaban J connectivity index is 1.91. The van der Waals surface area contributed by atoms with Crippen molar-refractivity contribution >= 4 is 23.1 Å². The molecule has 0 spiro atoms. The van der Waals surface area contributed by atoms with Gasteiger partial charge >= 0.3 is 0 Å². The van der Waals surface area contributed by atoms with Crippen LogP contribution in [-0.4, -0.2) is 42.6 Å². The van der Waals surface area contributed by atoms with Crippen molar-refractivity contribution in [3.05, 3.63) is 65.6 Å². The highest BCUT2D eigenvalue weighted by Gasteiger charge is 2.39. The molecule has 0 aliphatic carbocycles. The van der Waals surface area contributed by atoms with E-state index in [1.165, 1.54) is 29.2 Å². The highest BCUT2D eigenvalue weighted by atomic mass is 19.1. The van der Waals surface area contributed by atoms with Gasteiger partial charge in [-0.05, 0) is 62.2 Å². The third kappa shape index (κ3) is 5.49. The van der Waals surface area contributed by atoms with Crippen LogP contribution in [0.25, 0.3) is 5.57 Å². The van der Waals surface area contributed by atoms with Crippen LogP contribution in [0.15, 0.2) is 54.2 Å². The summed E-state index contributed by atoms with van der Waals surface area (Å²) in [6.07, 6.45) is 0.881. The molecule has 31 heavy (non-hydrogen) atoms. The number of carbonyl (C=O) groups excluding carboxylic acids is 2. The quantitative estimate of drug-likeness (QED) is 0.576. The van der Waals surface area contributed by atoms with Crippen molar-refractivity contribution in [2.24, 2.45) is 0 Å². The number of rotatable bonds is 10. The van der Waals surface area contributed by atoms with Crippen LogP contribution in [0.3, 0.4) is 0 Å². The van der Waals surface area contributed by atoms with Gasteiger partial charge in [0.1, 0.15) is 17.3 Å². The number of nitrogens with one attached hydrogen (secondary N) is 1. The lowest BCUT2D eigenvalue weighted by molar-refractivity contribution is -0.137. The molecule has 1 heterocycles. The summed E-state index contributed by atoms with van der Waals surface area (Å²) in [5, 5.41) is 3.00. The van der Waals surface area contributed by atoms with E-state index in [0.29, 0.717) is 23.6 Å². The first-order valence-corrected chi connectivity index (χ1v) is 10.4. The molecule has 2 aromatic rings. The topological polar surface area (TPSA) is 67.9 Å². The van der Waals surface area contributed by atoms with Crippen molar-refractivity contribution in [2.75, 3.05) is 25.1 Å². The number of hydrogen-bond acceptors (Lipinski definition) is 5. The molecule has 164 valence electrons. The normalized spacial score (nSPS) is 14.0. The SMILES string of the molecule is CCCOc1ccc(C2=C(Nc3ccc(F)cc3)C(=O)N(CCOC(C)C)C2=O)cc1. The summed E-state index contributed by atoms with van der Waals surface area (Å²) in [5.41, 5.74) is 1.53. The number of benzene rings is 2. The van der Waals surface area contributed by atoms with Crippen LogP contribution < -0.4 is 10.1 Å². The van der Waals surface area contributed by atoms with Crippen LogP contribution in [0.2, 0.25) is 0 Å². The molecule has 2 aromatic carbocycles. The third-order valence-corrected chi connectivity index (χ3v) is 4.66. The van der Waals surface area contributed by atoms with E-state index in [2.05, 4.69) is 5.32 Å². The monoisotopic (exact) mass is 426 g/mol. The van der Waals surface area contributed by atoms with E-state index in [0.717, 1.165) is 6.42 Å². The molecular formula is C24H27FN2O4. The lowest BCUT2D eigenvalue weighted by atomic mass is 10.0. The van der Waals surface area contributed by atoms with Crippen molar-refractivity contribution in [2.45, 2.75) is 33.3 Å². The smallest absolute Gasteiger partial charge is 0.278 e. The van der Waals surface area contributed by atoms with Gasteiger partial charge in [0.2, 0.25) is 0 Å². The first-order chi connectivity index (χ1) is 14.9. The molecule has 0 atom stereocenters. The van der Waals surface area contributed by atoms with Gasteiger partial charge < -0.3 is 14.8 Å². The second-order valence-corrected chi connectivity index (χ2v) is 7.44. The number of anilines is 1. The zero-order valence-corrected chi connectivity index (χ0v) is 18.0. The molecule has 0 unspecified atom stereocenters. The Morgan fingerprint density at radius 1 is 0.968 bits per heavy atom. The summed E-state index contributed by atoms with van der Waals surface area (Å²) in [6.45, 7) is 6.79. The van der Waals surface area contributed by atoms with E-state index in [1.807, 2.05) is 20.8 Å². The Labute approximate surface area is 181 Å². The van der Waals surface area contributed by atoms with Crippen LogP contribution in [0.1, 0.15) is 32.8 Å². The van der Waals surface area contributed by atoms with Crippen molar-refractivity contribution in [3.8, 4) is 5.75 Å². The summed E-state index contributed by atoms with van der Waals surface area (Å²) >= 11 is 0. The van der Waals surface area contributed by atoms with E-state index >= 15 is 0 Å². The second kappa shape index (κ2) is 10.2. The molecule has 1 aliphatic heterocycles. The van der Waals surface area contributed by atoms with E-state index in [1.54, 1.807) is 24.3 Å². The molecule has 7 heteroatoms. The number of halogens is 1. The maximum Gasteiger partial charge on any atom is 0.278 e. The third-order valence-electron chi connectivity index (χ3n) is 4.66. The fraction of sp³-hybridized carbons (Fsp3) is 0.333. The summed E-state index contributed by atoms with van der Waals surface area (Å²) < 4.78 is 24.4. The Kier molecular flexibility index (Phi) is 7.41. The van der Waals surface area contributed by atoms with Gasteiger partial charge in [-0.15, -0.1) is 0 Å². The maximum atomic E-state index is 13.3. The zero-order chi connectivity index (χ0) is 22.4. The minimum atomic E-state index is -0.442. The van der Waals surface area contributed by atoms with Crippen LogP contribution in [0.4, 0.5) is 10.1 Å². The van der Waals surface area contributed by atoms with Gasteiger partial charge in [-0.25, -0.2) is 4.39 Å². The molecule has 0 aromatic heterocycles. The molecule has 0 saturated carbocycles. The number of carbonyl (C=O) groups is 2. The summed E-state index contributed by atoms with van der Waals surface area (Å²) in [4.78, 5) is 27.4. The van der Waals surface area contributed by atoms with E-state index in [9.17, 15) is 14.0 Å². The largest absolute Gasteiger partial charge is 0.494 e. The predicted molar refractivity (Wildman–Crippen MR) is 117 cm³/mol. The average molecular weight is 426 g/mol. The Hall–Kier alpha value is -3.19. The number of ether oxygens (including phenoxy) is 2. The van der Waals surface area contributed by atoms with Gasteiger partial charge in [0.05, 0.1) is 31.4 Å². The Bertz CT molecular complexity index is 953. The number of amides is 2. The molecular weight excluding hydrogens is 399 g/mol. The number of hydrogen-bond donors (Lipinski definition) is 1. The fourth-order valence-electron chi connectivity index (χ4n) is 3.16. The summed E-state index contributed by atoms with van der Waals surface area (Å²) in [5.74, 6) is -0.533. The molecule has 3 rings (SSSR count). The van der Waals surface area contributed by atoms with Gasteiger partial charge in [-0.2, -0.15) is 0 Å². The van der Waals surface area contributed by atoms with Gasteiger partial charge in [0, 0.05) is 5.69 Å². The summed E-state index contributed by atoms with van der Waals surface area (Å²) in [7, 11) is 0. The van der Waals surface area contributed by atoms with E-state index < -0.39 is 11.8 Å². The maximum absolute atomic E-state index is 13.3. The van der Waals surface area contributed by atoms with Crippen molar-refractivity contribution in [1.29, 1.82) is 0 Å². The molecule has 0 radical (unpaired) electrons. The van der Waals surface area contributed by atoms with Crippen molar-refractivity contribution < 1.29 is 23.5 Å². The van der Waals surface area contributed by atoms with Gasteiger partial charge in [-0.1, -0.05) is 19.1 Å². The van der Waals surface area contributed by atoms with Gasteiger partial charge in [0.25, 0.3) is 11.8 Å². The zero-order valence-electron chi connectivity index (χ0n) is 18.0. The molecule has 0 fully saturated rings. The first kappa shape index (κ1) is 22.5. The van der Waals surface area contributed by atoms with Crippen molar-refractivity contribution in [1.82, 2.24) is 4.90 Å². The standard InChI is InChI=1S/C24H27FN2O4/c1-4-14-31-20-11-5-17(6-12-20)21-22(26-19-9-7-18(25)8-10-19)24(29)27(23(21)28)13-15-30-16(2)3/h5-12,16,26H,4,13-15H2,1-3H3. The molecule has 1 N–H and O–H groups in total. The minimum absolute atomic E-state index is 0.00675. The van der Waals surface area contributed by atoms with Crippen LogP contribution >= 0.6 is 0 Å². The Morgan fingerprint density at radius 3 is 2.26 bits per heavy atom. The first-order valence-electron chi connectivity index (χ1n) is 10.4. The second-order valence-electron chi connectivity index (χ2n) is 7.44. The fourth-order valence-corrected chi connectivity index (χ4v) is 3.16. The predicted octanol–water partition coefficient (Wildman–Crippen LogP) is 4.23. The van der Waals surface area contributed by atoms with Gasteiger partial charge in [0.15, 0.2) is 0 Å². The lowest BCUT2D eigenvalue weighted by Crippen LogP contribution is -2.35. The molecule has 0 bridgehead atoms. The molecule has 1 aliphatic rings. The highest BCUT2D eigenvalue weighted by Crippen LogP contribution is 2.31. The van der Waals surface area contributed by atoms with Crippen LogP contribution in [0, 0.1) is 5.82 Å². The Morgan fingerprint density at radius 2 is 1.65 bits per heavy atom. The van der Waals surface area contributed by atoms with Crippen LogP contribution in [-0.2, 0) is 14.3 Å². The highest BCUT2D eigenvalue weighted by molar-refractivity contribution is 6.36. The minimum Gasteiger partial charge on any atom is -0.494 e. The van der Waals surface area contributed by atoms with E-state index in [-0.39, 0.29) is 36.3 Å². The van der Waals surface area contributed by atoms with Crippen LogP contribution in [0.5, 0.6) is 5.75 Å². The lowest BCUT2D eigenvalue weighted by Gasteiger charge is -2.16. The van der Waals surface area contributed by atoms with Crippen molar-refractivity contribution in [3.63, 3.8) is 0 Å². The molecule has 6 nitrogen and oxygen atoms in total. The molecule has 2 amide bonds. The summed E-state index contributed by atoms with van der Waals surface area (Å²) in [6, 6.07) is 12.7. The number of imide groups is 1. The number of nitrogens with zero attached hydrogens (tertiary/aromatic N) is 1.